The number of rotatable bonds is 6. The average molecular weight is 389 g/mol. The van der Waals surface area contributed by atoms with E-state index in [9.17, 15) is 19.5 Å². The van der Waals surface area contributed by atoms with Crippen LogP contribution in [0.15, 0.2) is 0 Å². The standard InChI is InChI=1S/C15H27N5O5S/c1-8(22)11(12(17)23)18-13(24)10-6-26-15(19-10)3-2-4-20(7-15)14(25)9(16)5-21/h8-11,19,21-22H,2-7,16H2,1H3,(H2,17,23)(H,18,24)/t8-,9+,10+,11+,15?/m1/s1. The zero-order valence-corrected chi connectivity index (χ0v) is 15.5. The summed E-state index contributed by atoms with van der Waals surface area (Å²) in [5.41, 5.74) is 10.8. The molecule has 5 atom stereocenters. The lowest BCUT2D eigenvalue weighted by molar-refractivity contribution is -0.135. The highest BCUT2D eigenvalue weighted by Crippen LogP contribution is 2.38. The van der Waals surface area contributed by atoms with Crippen molar-refractivity contribution in [3.8, 4) is 0 Å². The number of amides is 3. The summed E-state index contributed by atoms with van der Waals surface area (Å²) >= 11 is 1.54. The van der Waals surface area contributed by atoms with Crippen LogP contribution in [-0.2, 0) is 14.4 Å². The van der Waals surface area contributed by atoms with E-state index >= 15 is 0 Å². The molecule has 11 heteroatoms. The van der Waals surface area contributed by atoms with Crippen molar-refractivity contribution < 1.29 is 24.6 Å². The maximum atomic E-state index is 12.4. The Bertz CT molecular complexity index is 563. The fourth-order valence-electron chi connectivity index (χ4n) is 3.23. The summed E-state index contributed by atoms with van der Waals surface area (Å²) in [6.07, 6.45) is 0.424. The van der Waals surface area contributed by atoms with E-state index < -0.39 is 47.5 Å². The fraction of sp³-hybridized carbons (Fsp3) is 0.800. The van der Waals surface area contributed by atoms with Gasteiger partial charge >= 0.3 is 0 Å². The molecule has 0 bridgehead atoms. The van der Waals surface area contributed by atoms with E-state index in [-0.39, 0.29) is 5.91 Å². The first-order valence-electron chi connectivity index (χ1n) is 8.54. The predicted octanol–water partition coefficient (Wildman–Crippen LogP) is -3.32. The van der Waals surface area contributed by atoms with Gasteiger partial charge in [0.25, 0.3) is 0 Å². The second-order valence-electron chi connectivity index (χ2n) is 6.78. The molecule has 0 aromatic heterocycles. The Morgan fingerprint density at radius 1 is 1.46 bits per heavy atom. The third-order valence-corrected chi connectivity index (χ3v) is 6.15. The van der Waals surface area contributed by atoms with Crippen LogP contribution in [-0.4, -0.2) is 87.4 Å². The van der Waals surface area contributed by atoms with Gasteiger partial charge in [-0.1, -0.05) is 0 Å². The van der Waals surface area contributed by atoms with Crippen molar-refractivity contribution >= 4 is 29.5 Å². The molecule has 2 aliphatic rings. The van der Waals surface area contributed by atoms with Gasteiger partial charge in [-0.15, -0.1) is 11.8 Å². The Morgan fingerprint density at radius 2 is 2.15 bits per heavy atom. The van der Waals surface area contributed by atoms with E-state index in [1.165, 1.54) is 18.7 Å². The number of nitrogens with two attached hydrogens (primary N) is 2. The van der Waals surface area contributed by atoms with Crippen LogP contribution in [0.5, 0.6) is 0 Å². The van der Waals surface area contributed by atoms with Crippen LogP contribution < -0.4 is 22.1 Å². The minimum Gasteiger partial charge on any atom is -0.394 e. The lowest BCUT2D eigenvalue weighted by Gasteiger charge is -2.41. The van der Waals surface area contributed by atoms with Crippen LogP contribution in [0.25, 0.3) is 0 Å². The van der Waals surface area contributed by atoms with E-state index in [0.717, 1.165) is 12.8 Å². The second-order valence-corrected chi connectivity index (χ2v) is 8.19. The van der Waals surface area contributed by atoms with Crippen LogP contribution in [0.4, 0.5) is 0 Å². The summed E-state index contributed by atoms with van der Waals surface area (Å²) in [6, 6.07) is -2.67. The molecule has 2 rings (SSSR count). The molecule has 0 aromatic carbocycles. The number of piperidine rings is 1. The molecule has 10 nitrogen and oxygen atoms in total. The Labute approximate surface area is 156 Å². The minimum absolute atomic E-state index is 0.315. The van der Waals surface area contributed by atoms with E-state index in [1.807, 2.05) is 0 Å². The van der Waals surface area contributed by atoms with Crippen molar-refractivity contribution in [2.75, 3.05) is 25.4 Å². The van der Waals surface area contributed by atoms with Crippen LogP contribution in [0, 0.1) is 0 Å². The monoisotopic (exact) mass is 389 g/mol. The molecule has 8 N–H and O–H groups in total. The van der Waals surface area contributed by atoms with Gasteiger partial charge in [-0.25, -0.2) is 0 Å². The Morgan fingerprint density at radius 3 is 2.73 bits per heavy atom. The van der Waals surface area contributed by atoms with E-state index in [4.69, 9.17) is 16.6 Å². The quantitative estimate of drug-likeness (QED) is 0.274. The fourth-order valence-corrected chi connectivity index (χ4v) is 4.71. The number of carbonyl (C=O) groups excluding carboxylic acids is 3. The van der Waals surface area contributed by atoms with Crippen molar-refractivity contribution in [2.24, 2.45) is 11.5 Å². The molecule has 1 spiro atoms. The Balaban J connectivity index is 1.99. The summed E-state index contributed by atoms with van der Waals surface area (Å²) in [5, 5.41) is 24.4. The van der Waals surface area contributed by atoms with Crippen molar-refractivity contribution in [1.29, 1.82) is 0 Å². The molecule has 0 radical (unpaired) electrons. The molecule has 2 heterocycles. The van der Waals surface area contributed by atoms with Crippen molar-refractivity contribution in [3.63, 3.8) is 0 Å². The number of hydrogen-bond donors (Lipinski definition) is 6. The smallest absolute Gasteiger partial charge is 0.242 e. The molecule has 0 saturated carbocycles. The minimum atomic E-state index is -1.15. The molecule has 2 aliphatic heterocycles. The number of nitrogens with one attached hydrogen (secondary N) is 2. The Kier molecular flexibility index (Phi) is 6.86. The molecule has 2 fully saturated rings. The van der Waals surface area contributed by atoms with Gasteiger partial charge in [-0.05, 0) is 19.8 Å². The number of nitrogens with zero attached hydrogens (tertiary/aromatic N) is 1. The van der Waals surface area contributed by atoms with Gasteiger partial charge in [0.1, 0.15) is 12.1 Å². The first-order chi connectivity index (χ1) is 12.2. The number of likely N-dealkylation sites (tertiary alicyclic amines) is 1. The number of aliphatic hydroxyl groups excluding tert-OH is 2. The van der Waals surface area contributed by atoms with E-state index in [0.29, 0.717) is 18.8 Å². The third kappa shape index (κ3) is 4.65. The topological polar surface area (TPSA) is 171 Å². The molecule has 26 heavy (non-hydrogen) atoms. The van der Waals surface area contributed by atoms with Crippen LogP contribution in [0.1, 0.15) is 19.8 Å². The third-order valence-electron chi connectivity index (χ3n) is 4.65. The number of primary amides is 1. The summed E-state index contributed by atoms with van der Waals surface area (Å²) in [5.74, 6) is -1.08. The van der Waals surface area contributed by atoms with Gasteiger partial charge in [0, 0.05) is 18.8 Å². The molecule has 148 valence electrons. The summed E-state index contributed by atoms with van der Waals surface area (Å²) in [4.78, 5) is 37.1. The van der Waals surface area contributed by atoms with Crippen LogP contribution >= 0.6 is 11.8 Å². The summed E-state index contributed by atoms with van der Waals surface area (Å²) in [7, 11) is 0. The van der Waals surface area contributed by atoms with Gasteiger partial charge in [0.2, 0.25) is 17.7 Å². The van der Waals surface area contributed by atoms with Gasteiger partial charge in [-0.3, -0.25) is 19.7 Å². The maximum absolute atomic E-state index is 12.4. The SMILES string of the molecule is C[C@@H](O)[C@H](NC(=O)[C@@H]1CSC2(CCCN(C(=O)[C@@H](N)CO)C2)N1)C(N)=O. The predicted molar refractivity (Wildman–Crippen MR) is 95.8 cm³/mol. The van der Waals surface area contributed by atoms with E-state index in [2.05, 4.69) is 10.6 Å². The first kappa shape index (κ1) is 20.9. The van der Waals surface area contributed by atoms with Gasteiger partial charge in [0.05, 0.1) is 23.6 Å². The molecule has 0 aliphatic carbocycles. The second kappa shape index (κ2) is 8.53. The molecule has 0 aromatic rings. The highest BCUT2D eigenvalue weighted by molar-refractivity contribution is 8.01. The molecule has 3 amide bonds. The largest absolute Gasteiger partial charge is 0.394 e. The summed E-state index contributed by atoms with van der Waals surface area (Å²) in [6.45, 7) is 1.90. The zero-order chi connectivity index (χ0) is 19.5. The molecular formula is C15H27N5O5S. The lowest BCUT2D eigenvalue weighted by atomic mass is 10.0. The van der Waals surface area contributed by atoms with Crippen molar-refractivity contribution in [3.05, 3.63) is 0 Å². The molecule has 1 unspecified atom stereocenters. The highest BCUT2D eigenvalue weighted by Gasteiger charge is 2.46. The van der Waals surface area contributed by atoms with Gasteiger partial charge < -0.3 is 31.9 Å². The summed E-state index contributed by atoms with van der Waals surface area (Å²) < 4.78 is 0. The van der Waals surface area contributed by atoms with Crippen LogP contribution in [0.2, 0.25) is 0 Å². The van der Waals surface area contributed by atoms with Gasteiger partial charge in [0.15, 0.2) is 0 Å². The highest BCUT2D eigenvalue weighted by atomic mass is 32.2. The molecular weight excluding hydrogens is 362 g/mol. The van der Waals surface area contributed by atoms with Crippen LogP contribution in [0.3, 0.4) is 0 Å². The normalized spacial score (nSPS) is 29.2. The number of hydrogen-bond acceptors (Lipinski definition) is 8. The Hall–Kier alpha value is -1.40. The number of carbonyl (C=O) groups is 3. The van der Waals surface area contributed by atoms with Gasteiger partial charge in [-0.2, -0.15) is 0 Å². The number of aliphatic hydroxyl groups is 2. The van der Waals surface area contributed by atoms with Crippen molar-refractivity contribution in [1.82, 2.24) is 15.5 Å². The first-order valence-corrected chi connectivity index (χ1v) is 9.52. The van der Waals surface area contributed by atoms with Crippen molar-refractivity contribution in [2.45, 2.75) is 48.9 Å². The maximum Gasteiger partial charge on any atom is 0.242 e. The molecule has 2 saturated heterocycles. The van der Waals surface area contributed by atoms with E-state index in [1.54, 1.807) is 4.90 Å². The number of thioether (sulfide) groups is 1. The zero-order valence-electron chi connectivity index (χ0n) is 14.7. The lowest BCUT2D eigenvalue weighted by Crippen LogP contribution is -2.61. The average Bonchev–Trinajstić information content (AvgIpc) is 3.00.